The van der Waals surface area contributed by atoms with Crippen molar-refractivity contribution in [3.63, 3.8) is 0 Å². The molecule has 6 N–H and O–H groups in total. The Hall–Kier alpha value is -2.41. The lowest BCUT2D eigenvalue weighted by atomic mass is 9.91. The minimum Gasteiger partial charge on any atom is -0.394 e. The smallest absolute Gasteiger partial charge is 0.251 e. The van der Waals surface area contributed by atoms with Gasteiger partial charge in [-0.2, -0.15) is 0 Å². The summed E-state index contributed by atoms with van der Waals surface area (Å²) in [6.07, 6.45) is -7.78. The van der Waals surface area contributed by atoms with E-state index in [1.165, 1.54) is 0 Å². The maximum absolute atomic E-state index is 11.8. The number of aliphatic hydroxyl groups excluding tert-OH is 5. The van der Waals surface area contributed by atoms with Crippen molar-refractivity contribution in [3.8, 4) is 11.1 Å². The van der Waals surface area contributed by atoms with Gasteiger partial charge < -0.3 is 45.1 Å². The Morgan fingerprint density at radius 2 is 1.64 bits per heavy atom. The summed E-state index contributed by atoms with van der Waals surface area (Å²) in [5.41, 5.74) is 2.90. The Morgan fingerprint density at radius 3 is 2.31 bits per heavy atom. The Bertz CT molecular complexity index is 1020. The fraction of sp³-hybridized carbons (Fsp3) is 0.500. The Balaban J connectivity index is 1.54. The Labute approximate surface area is 209 Å². The summed E-state index contributed by atoms with van der Waals surface area (Å²) in [6.45, 7) is -0.654. The Kier molecular flexibility index (Phi) is 8.70. The van der Waals surface area contributed by atoms with E-state index >= 15 is 0 Å². The molecule has 8 atom stereocenters. The standard InChI is InChI=1S/C26H33NO9/c1-27-25(33)15-7-5-14(6-8-15)16-3-2-4-17(9-16)24-23(32)21(11-19(13-29)34-24)36-26-22(31)20(30)10-18(12-28)35-26/h2-9,18-24,26,28-32H,10-13H2,1H3,(H,27,33)/t18?,19?,20?,21?,22?,23?,24-,26-/m1/s1. The van der Waals surface area contributed by atoms with Crippen LogP contribution in [0.25, 0.3) is 11.1 Å². The van der Waals surface area contributed by atoms with Crippen LogP contribution in [0, 0.1) is 0 Å². The molecule has 196 valence electrons. The maximum atomic E-state index is 11.8. The number of carbonyl (C=O) groups is 1. The summed E-state index contributed by atoms with van der Waals surface area (Å²) < 4.78 is 17.4. The second kappa shape index (κ2) is 11.8. The zero-order valence-corrected chi connectivity index (χ0v) is 19.9. The molecule has 2 aromatic rings. The molecule has 1 amide bonds. The summed E-state index contributed by atoms with van der Waals surface area (Å²) >= 11 is 0. The van der Waals surface area contributed by atoms with Gasteiger partial charge in [-0.1, -0.05) is 30.3 Å². The number of nitrogens with one attached hydrogen (secondary N) is 1. The van der Waals surface area contributed by atoms with Crippen LogP contribution in [0.3, 0.4) is 0 Å². The van der Waals surface area contributed by atoms with Crippen molar-refractivity contribution in [2.45, 2.75) is 61.9 Å². The van der Waals surface area contributed by atoms with Crippen LogP contribution in [-0.4, -0.2) is 94.6 Å². The number of hydrogen-bond acceptors (Lipinski definition) is 9. The van der Waals surface area contributed by atoms with Crippen LogP contribution < -0.4 is 5.32 Å². The highest BCUT2D eigenvalue weighted by Crippen LogP contribution is 2.36. The highest BCUT2D eigenvalue weighted by molar-refractivity contribution is 5.94. The van der Waals surface area contributed by atoms with Crippen LogP contribution in [0.15, 0.2) is 48.5 Å². The summed E-state index contributed by atoms with van der Waals surface area (Å²) in [5.74, 6) is -0.181. The quantitative estimate of drug-likeness (QED) is 0.308. The van der Waals surface area contributed by atoms with Gasteiger partial charge in [0.2, 0.25) is 0 Å². The number of benzene rings is 2. The average molecular weight is 504 g/mol. The molecule has 0 spiro atoms. The molecule has 2 aromatic carbocycles. The number of amides is 1. The molecule has 0 aromatic heterocycles. The van der Waals surface area contributed by atoms with Gasteiger partial charge >= 0.3 is 0 Å². The molecule has 2 saturated heterocycles. The molecule has 2 aliphatic rings. The van der Waals surface area contributed by atoms with Crippen molar-refractivity contribution in [2.24, 2.45) is 0 Å². The zero-order chi connectivity index (χ0) is 25.8. The third-order valence-electron chi connectivity index (χ3n) is 6.67. The summed E-state index contributed by atoms with van der Waals surface area (Å²) in [5, 5.41) is 53.4. The van der Waals surface area contributed by atoms with Gasteiger partial charge in [-0.25, -0.2) is 0 Å². The van der Waals surface area contributed by atoms with Crippen molar-refractivity contribution < 1.29 is 44.5 Å². The lowest BCUT2D eigenvalue weighted by molar-refractivity contribution is -0.309. The fourth-order valence-electron chi connectivity index (χ4n) is 4.64. The topological polar surface area (TPSA) is 158 Å². The predicted octanol–water partition coefficient (Wildman–Crippen LogP) is 0.111. The van der Waals surface area contributed by atoms with E-state index < -0.39 is 49.0 Å². The molecule has 2 fully saturated rings. The van der Waals surface area contributed by atoms with Crippen LogP contribution in [0.4, 0.5) is 0 Å². The van der Waals surface area contributed by atoms with Crippen molar-refractivity contribution >= 4 is 5.91 Å². The highest BCUT2D eigenvalue weighted by atomic mass is 16.7. The molecule has 10 heteroatoms. The summed E-state index contributed by atoms with van der Waals surface area (Å²) in [4.78, 5) is 11.8. The first-order chi connectivity index (χ1) is 17.3. The number of hydrogen-bond donors (Lipinski definition) is 6. The second-order valence-corrected chi connectivity index (χ2v) is 9.15. The molecule has 10 nitrogen and oxygen atoms in total. The minimum absolute atomic E-state index is 0.0621. The van der Waals surface area contributed by atoms with Crippen LogP contribution in [0.1, 0.15) is 34.9 Å². The number of carbonyl (C=O) groups excluding carboxylic acids is 1. The van der Waals surface area contributed by atoms with E-state index in [1.54, 1.807) is 25.2 Å². The van der Waals surface area contributed by atoms with Crippen LogP contribution in [-0.2, 0) is 14.2 Å². The molecule has 0 saturated carbocycles. The summed E-state index contributed by atoms with van der Waals surface area (Å²) in [7, 11) is 1.57. The second-order valence-electron chi connectivity index (χ2n) is 9.15. The van der Waals surface area contributed by atoms with E-state index in [-0.39, 0.29) is 32.0 Å². The van der Waals surface area contributed by atoms with Gasteiger partial charge in [0.1, 0.15) is 18.3 Å². The molecule has 0 bridgehead atoms. The third-order valence-corrected chi connectivity index (χ3v) is 6.67. The van der Waals surface area contributed by atoms with E-state index in [9.17, 15) is 30.3 Å². The van der Waals surface area contributed by atoms with Gasteiger partial charge in [-0.15, -0.1) is 0 Å². The van der Waals surface area contributed by atoms with Crippen molar-refractivity contribution in [3.05, 3.63) is 59.7 Å². The minimum atomic E-state index is -1.35. The lowest BCUT2D eigenvalue weighted by Gasteiger charge is -2.43. The van der Waals surface area contributed by atoms with Gasteiger partial charge in [0.05, 0.1) is 37.6 Å². The van der Waals surface area contributed by atoms with E-state index in [2.05, 4.69) is 5.32 Å². The molecular weight excluding hydrogens is 470 g/mol. The molecule has 36 heavy (non-hydrogen) atoms. The largest absolute Gasteiger partial charge is 0.394 e. The predicted molar refractivity (Wildman–Crippen MR) is 128 cm³/mol. The van der Waals surface area contributed by atoms with Crippen LogP contribution >= 0.6 is 0 Å². The Morgan fingerprint density at radius 1 is 0.944 bits per heavy atom. The summed E-state index contributed by atoms with van der Waals surface area (Å²) in [6, 6.07) is 14.5. The number of aliphatic hydroxyl groups is 5. The van der Waals surface area contributed by atoms with Gasteiger partial charge in [-0.05, 0) is 34.9 Å². The molecule has 2 aliphatic heterocycles. The van der Waals surface area contributed by atoms with Gasteiger partial charge in [0, 0.05) is 25.5 Å². The van der Waals surface area contributed by atoms with Crippen molar-refractivity contribution in [1.82, 2.24) is 5.32 Å². The van der Waals surface area contributed by atoms with Gasteiger partial charge in [-0.3, -0.25) is 4.79 Å². The fourth-order valence-corrected chi connectivity index (χ4v) is 4.64. The van der Waals surface area contributed by atoms with Crippen LogP contribution in [0.2, 0.25) is 0 Å². The van der Waals surface area contributed by atoms with Crippen molar-refractivity contribution in [1.29, 1.82) is 0 Å². The first kappa shape index (κ1) is 26.6. The van der Waals surface area contributed by atoms with Crippen molar-refractivity contribution in [2.75, 3.05) is 20.3 Å². The monoisotopic (exact) mass is 503 g/mol. The SMILES string of the molecule is CNC(=O)c1ccc(-c2cccc([C@H]3OC(CO)CC(O[C@H]4OC(CO)CC(O)C4O)C3O)c2)cc1. The maximum Gasteiger partial charge on any atom is 0.251 e. The molecule has 0 aliphatic carbocycles. The molecule has 2 heterocycles. The van der Waals surface area contributed by atoms with Gasteiger partial charge in [0.25, 0.3) is 5.91 Å². The van der Waals surface area contributed by atoms with E-state index in [1.807, 2.05) is 30.3 Å². The van der Waals surface area contributed by atoms with E-state index in [4.69, 9.17) is 14.2 Å². The lowest BCUT2D eigenvalue weighted by Crippen LogP contribution is -2.54. The highest BCUT2D eigenvalue weighted by Gasteiger charge is 2.44. The number of ether oxygens (including phenoxy) is 3. The van der Waals surface area contributed by atoms with E-state index in [0.717, 1.165) is 11.1 Å². The molecule has 6 unspecified atom stereocenters. The van der Waals surface area contributed by atoms with E-state index in [0.29, 0.717) is 11.1 Å². The third kappa shape index (κ3) is 5.77. The normalized spacial score (nSPS) is 32.7. The van der Waals surface area contributed by atoms with Crippen LogP contribution in [0.5, 0.6) is 0 Å². The molecule has 0 radical (unpaired) electrons. The first-order valence-corrected chi connectivity index (χ1v) is 12.0. The molecule has 4 rings (SSSR count). The zero-order valence-electron chi connectivity index (χ0n) is 19.9. The van der Waals surface area contributed by atoms with Gasteiger partial charge in [0.15, 0.2) is 6.29 Å². The average Bonchev–Trinajstić information content (AvgIpc) is 2.91. The first-order valence-electron chi connectivity index (χ1n) is 12.0. The molecular formula is C26H33NO9. The number of rotatable bonds is 7.